The number of ether oxygens (including phenoxy) is 1. The molecular formula is C18H23N3O3S. The number of fused-ring (bicyclic) bond motifs is 3. The molecule has 0 saturated carbocycles. The molecule has 2 aromatic rings. The van der Waals surface area contributed by atoms with Gasteiger partial charge in [-0.2, -0.15) is 0 Å². The second-order valence-corrected chi connectivity index (χ2v) is 7.86. The largest absolute Gasteiger partial charge is 0.440 e. The van der Waals surface area contributed by atoms with Crippen LogP contribution in [0.4, 0.5) is 0 Å². The molecular weight excluding hydrogens is 338 g/mol. The predicted octanol–water partition coefficient (Wildman–Crippen LogP) is 2.39. The Labute approximate surface area is 151 Å². The molecule has 2 aliphatic heterocycles. The van der Waals surface area contributed by atoms with Crippen molar-refractivity contribution < 1.29 is 13.9 Å². The van der Waals surface area contributed by atoms with Crippen LogP contribution in [0, 0.1) is 12.8 Å². The molecule has 0 aromatic carbocycles. The molecule has 2 atom stereocenters. The summed E-state index contributed by atoms with van der Waals surface area (Å²) in [6.07, 6.45) is 0. The number of hydrogen-bond acceptors (Lipinski definition) is 6. The Bertz CT molecular complexity index is 743. The summed E-state index contributed by atoms with van der Waals surface area (Å²) in [7, 11) is 0. The summed E-state index contributed by atoms with van der Waals surface area (Å²) in [6, 6.07) is 4.24. The molecule has 2 aromatic heterocycles. The van der Waals surface area contributed by atoms with Gasteiger partial charge < -0.3 is 14.1 Å². The number of hydrogen-bond donors (Lipinski definition) is 0. The summed E-state index contributed by atoms with van der Waals surface area (Å²) >= 11 is 1.63. The van der Waals surface area contributed by atoms with Gasteiger partial charge in [-0.15, -0.1) is 11.3 Å². The summed E-state index contributed by atoms with van der Waals surface area (Å²) in [4.78, 5) is 22.0. The quantitative estimate of drug-likeness (QED) is 0.840. The summed E-state index contributed by atoms with van der Waals surface area (Å²) in [6.45, 7) is 8.17. The molecule has 2 fully saturated rings. The van der Waals surface area contributed by atoms with E-state index in [-0.39, 0.29) is 11.9 Å². The van der Waals surface area contributed by atoms with Gasteiger partial charge in [0.15, 0.2) is 0 Å². The maximum atomic E-state index is 11.9. The van der Waals surface area contributed by atoms with E-state index < -0.39 is 0 Å². The van der Waals surface area contributed by atoms with Crippen molar-refractivity contribution in [1.29, 1.82) is 0 Å². The molecule has 0 radical (unpaired) electrons. The molecule has 134 valence electrons. The maximum absolute atomic E-state index is 11.9. The van der Waals surface area contributed by atoms with Crippen molar-refractivity contribution in [1.82, 2.24) is 14.8 Å². The van der Waals surface area contributed by atoms with Gasteiger partial charge in [-0.1, -0.05) is 6.07 Å². The molecule has 2 aliphatic rings. The first-order chi connectivity index (χ1) is 12.1. The van der Waals surface area contributed by atoms with Crippen LogP contribution in [-0.4, -0.2) is 59.6 Å². The van der Waals surface area contributed by atoms with E-state index in [0.29, 0.717) is 18.4 Å². The molecule has 25 heavy (non-hydrogen) atoms. The highest BCUT2D eigenvalue weighted by molar-refractivity contribution is 7.13. The van der Waals surface area contributed by atoms with Gasteiger partial charge >= 0.3 is 0 Å². The number of rotatable bonds is 3. The van der Waals surface area contributed by atoms with Crippen LogP contribution in [0.1, 0.15) is 18.4 Å². The average molecular weight is 361 g/mol. The smallest absolute Gasteiger partial charge is 0.236 e. The van der Waals surface area contributed by atoms with Gasteiger partial charge in [-0.05, 0) is 18.4 Å². The fourth-order valence-corrected chi connectivity index (χ4v) is 4.30. The lowest BCUT2D eigenvalue weighted by atomic mass is 10.1. The van der Waals surface area contributed by atoms with Crippen LogP contribution in [0.15, 0.2) is 21.9 Å². The number of carbonyl (C=O) groups is 1. The van der Waals surface area contributed by atoms with Crippen LogP contribution >= 0.6 is 11.3 Å². The van der Waals surface area contributed by atoms with Crippen molar-refractivity contribution in [2.45, 2.75) is 26.4 Å². The SMILES string of the molecule is CC(=O)N1C[C@@H]2COC[C@H](C1)N(Cc1nc(-c3cccs3)oc1C)C2. The number of nitrogens with zero attached hydrogens (tertiary/aromatic N) is 3. The lowest BCUT2D eigenvalue weighted by molar-refractivity contribution is -0.130. The molecule has 7 heteroatoms. The topological polar surface area (TPSA) is 58.8 Å². The van der Waals surface area contributed by atoms with Crippen molar-refractivity contribution in [2.75, 3.05) is 32.8 Å². The Hall–Kier alpha value is -1.70. The van der Waals surface area contributed by atoms with Gasteiger partial charge in [-0.3, -0.25) is 9.69 Å². The van der Waals surface area contributed by atoms with Gasteiger partial charge in [0.05, 0.1) is 29.8 Å². The van der Waals surface area contributed by atoms with Crippen molar-refractivity contribution in [3.63, 3.8) is 0 Å². The second-order valence-electron chi connectivity index (χ2n) is 6.91. The first-order valence-corrected chi connectivity index (χ1v) is 9.55. The summed E-state index contributed by atoms with van der Waals surface area (Å²) in [5.41, 5.74) is 0.977. The first kappa shape index (κ1) is 16.8. The number of oxazole rings is 1. The Balaban J connectivity index is 1.55. The fourth-order valence-electron chi connectivity index (χ4n) is 3.65. The van der Waals surface area contributed by atoms with E-state index in [1.165, 1.54) is 0 Å². The zero-order valence-corrected chi connectivity index (χ0v) is 15.4. The van der Waals surface area contributed by atoms with E-state index in [9.17, 15) is 4.79 Å². The number of aryl methyl sites for hydroxylation is 1. The summed E-state index contributed by atoms with van der Waals surface area (Å²) < 4.78 is 11.7. The molecule has 4 heterocycles. The van der Waals surface area contributed by atoms with Gasteiger partial charge in [0, 0.05) is 39.0 Å². The van der Waals surface area contributed by atoms with Gasteiger partial charge in [-0.25, -0.2) is 4.98 Å². The van der Waals surface area contributed by atoms with E-state index in [4.69, 9.17) is 14.1 Å². The monoisotopic (exact) mass is 361 g/mol. The Morgan fingerprint density at radius 2 is 2.24 bits per heavy atom. The first-order valence-electron chi connectivity index (χ1n) is 8.67. The number of amides is 1. The van der Waals surface area contributed by atoms with Crippen LogP contribution in [-0.2, 0) is 16.1 Å². The third-order valence-electron chi connectivity index (χ3n) is 5.01. The van der Waals surface area contributed by atoms with E-state index >= 15 is 0 Å². The van der Waals surface area contributed by atoms with E-state index in [1.807, 2.05) is 29.3 Å². The standard InChI is InChI=1S/C18H23N3O3S/c1-12-16(19-18(24-12)17-4-3-5-25-17)9-21-7-14-6-20(13(2)22)8-15(21)11-23-10-14/h3-5,14-15H,6-11H2,1-2H3/t14-,15-/m0/s1. The van der Waals surface area contributed by atoms with Crippen molar-refractivity contribution in [3.8, 4) is 10.8 Å². The van der Waals surface area contributed by atoms with Crippen LogP contribution in [0.2, 0.25) is 0 Å². The van der Waals surface area contributed by atoms with Gasteiger partial charge in [0.1, 0.15) is 5.76 Å². The van der Waals surface area contributed by atoms with E-state index in [1.54, 1.807) is 18.3 Å². The molecule has 6 nitrogen and oxygen atoms in total. The fraction of sp³-hybridized carbons (Fsp3) is 0.556. The Kier molecular flexibility index (Phi) is 4.62. The zero-order valence-electron chi connectivity index (χ0n) is 14.6. The third kappa shape index (κ3) is 3.49. The molecule has 4 rings (SSSR count). The molecule has 2 saturated heterocycles. The second kappa shape index (κ2) is 6.90. The molecule has 0 aliphatic carbocycles. The minimum Gasteiger partial charge on any atom is -0.440 e. The zero-order chi connectivity index (χ0) is 17.4. The number of carbonyl (C=O) groups excluding carboxylic acids is 1. The minimum absolute atomic E-state index is 0.149. The molecule has 0 spiro atoms. The highest BCUT2D eigenvalue weighted by Gasteiger charge is 2.34. The lowest BCUT2D eigenvalue weighted by Crippen LogP contribution is -2.45. The van der Waals surface area contributed by atoms with E-state index in [2.05, 4.69) is 4.90 Å². The van der Waals surface area contributed by atoms with Crippen LogP contribution < -0.4 is 0 Å². The lowest BCUT2D eigenvalue weighted by Gasteiger charge is -2.30. The minimum atomic E-state index is 0.149. The summed E-state index contributed by atoms with van der Waals surface area (Å²) in [5.74, 6) is 2.06. The molecule has 1 amide bonds. The van der Waals surface area contributed by atoms with Gasteiger partial charge in [0.25, 0.3) is 0 Å². The molecule has 0 unspecified atom stereocenters. The summed E-state index contributed by atoms with van der Waals surface area (Å²) in [5, 5.41) is 2.03. The predicted molar refractivity (Wildman–Crippen MR) is 95.3 cm³/mol. The number of thiophene rings is 1. The van der Waals surface area contributed by atoms with E-state index in [0.717, 1.165) is 49.1 Å². The van der Waals surface area contributed by atoms with Crippen LogP contribution in [0.25, 0.3) is 10.8 Å². The average Bonchev–Trinajstić information content (AvgIpc) is 3.11. The number of aromatic nitrogens is 1. The van der Waals surface area contributed by atoms with Crippen LogP contribution in [0.5, 0.6) is 0 Å². The normalized spacial score (nSPS) is 24.3. The molecule has 2 bridgehead atoms. The Morgan fingerprint density at radius 3 is 3.00 bits per heavy atom. The highest BCUT2D eigenvalue weighted by atomic mass is 32.1. The van der Waals surface area contributed by atoms with Crippen molar-refractivity contribution in [3.05, 3.63) is 29.0 Å². The van der Waals surface area contributed by atoms with Crippen LogP contribution in [0.3, 0.4) is 0 Å². The Morgan fingerprint density at radius 1 is 1.36 bits per heavy atom. The van der Waals surface area contributed by atoms with Crippen molar-refractivity contribution >= 4 is 17.2 Å². The molecule has 0 N–H and O–H groups in total. The maximum Gasteiger partial charge on any atom is 0.236 e. The van der Waals surface area contributed by atoms with Gasteiger partial charge in [0.2, 0.25) is 11.8 Å². The van der Waals surface area contributed by atoms with Crippen molar-refractivity contribution in [2.24, 2.45) is 5.92 Å². The highest BCUT2D eigenvalue weighted by Crippen LogP contribution is 2.28. The third-order valence-corrected chi connectivity index (χ3v) is 5.86.